The van der Waals surface area contributed by atoms with Gasteiger partial charge in [0.15, 0.2) is 5.02 Å². The summed E-state index contributed by atoms with van der Waals surface area (Å²) in [5, 5.41) is 24.9. The topological polar surface area (TPSA) is 130 Å². The number of rotatable bonds is 4. The Kier molecular flexibility index (Phi) is 3.53. The van der Waals surface area contributed by atoms with E-state index in [-0.39, 0.29) is 17.3 Å². The highest BCUT2D eigenvalue weighted by Gasteiger charge is 2.20. The molecule has 0 fully saturated rings. The summed E-state index contributed by atoms with van der Waals surface area (Å²) >= 11 is 5.66. The van der Waals surface area contributed by atoms with Gasteiger partial charge >= 0.3 is 5.82 Å². The van der Waals surface area contributed by atoms with Crippen LogP contribution in [0, 0.1) is 20.2 Å². The van der Waals surface area contributed by atoms with Gasteiger partial charge in [-0.3, -0.25) is 10.1 Å². The van der Waals surface area contributed by atoms with Crippen molar-refractivity contribution in [2.75, 3.05) is 5.73 Å². The highest BCUT2D eigenvalue weighted by Crippen LogP contribution is 2.24. The minimum absolute atomic E-state index is 0.0427. The molecule has 0 aliphatic heterocycles. The number of nitrogens with zero attached hydrogens (tertiary/aromatic N) is 4. The summed E-state index contributed by atoms with van der Waals surface area (Å²) in [5.74, 6) is -0.476. The quantitative estimate of drug-likeness (QED) is 0.521. The van der Waals surface area contributed by atoms with Crippen LogP contribution < -0.4 is 5.73 Å². The minimum Gasteiger partial charge on any atom is -0.398 e. The molecule has 2 N–H and O–H groups in total. The fourth-order valence-corrected chi connectivity index (χ4v) is 1.83. The second-order valence-corrected chi connectivity index (χ2v) is 4.30. The zero-order valence-corrected chi connectivity index (χ0v) is 10.6. The molecule has 1 aromatic carbocycles. The lowest BCUT2D eigenvalue weighted by Gasteiger charge is -2.03. The second kappa shape index (κ2) is 5.13. The molecule has 0 aliphatic carbocycles. The molecule has 0 amide bonds. The van der Waals surface area contributed by atoms with Crippen molar-refractivity contribution < 1.29 is 9.85 Å². The number of nitro groups is 2. The molecule has 0 saturated heterocycles. The van der Waals surface area contributed by atoms with Crippen molar-refractivity contribution in [3.05, 3.63) is 55.2 Å². The van der Waals surface area contributed by atoms with Gasteiger partial charge < -0.3 is 15.8 Å². The van der Waals surface area contributed by atoms with E-state index in [9.17, 15) is 20.2 Å². The smallest absolute Gasteiger partial charge is 0.398 e. The number of nitrogens with two attached hydrogens (primary N) is 1. The maximum atomic E-state index is 10.7. The number of halogens is 1. The van der Waals surface area contributed by atoms with E-state index in [1.807, 2.05) is 0 Å². The predicted octanol–water partition coefficient (Wildman–Crippen LogP) is 1.98. The minimum atomic E-state index is -0.713. The van der Waals surface area contributed by atoms with Crippen molar-refractivity contribution in [3.8, 4) is 0 Å². The van der Waals surface area contributed by atoms with Crippen molar-refractivity contribution in [3.63, 3.8) is 0 Å². The predicted molar refractivity (Wildman–Crippen MR) is 70.5 cm³/mol. The molecule has 10 heteroatoms. The number of nitrogen functional groups attached to an aromatic ring is 1. The molecule has 0 radical (unpaired) electrons. The second-order valence-electron chi connectivity index (χ2n) is 3.90. The fourth-order valence-electron chi connectivity index (χ4n) is 1.61. The summed E-state index contributed by atoms with van der Waals surface area (Å²) in [6, 6.07) is 3.96. The van der Waals surface area contributed by atoms with Crippen LogP contribution in [0.4, 0.5) is 17.2 Å². The average molecular weight is 298 g/mol. The van der Waals surface area contributed by atoms with Crippen molar-refractivity contribution >= 4 is 28.8 Å². The molecule has 1 aromatic heterocycles. The Morgan fingerprint density at radius 3 is 2.55 bits per heavy atom. The summed E-state index contributed by atoms with van der Waals surface area (Å²) in [4.78, 5) is 20.1. The van der Waals surface area contributed by atoms with Gasteiger partial charge in [-0.15, -0.1) is 0 Å². The van der Waals surface area contributed by atoms with Gasteiger partial charge in [0.1, 0.15) is 0 Å². The molecule has 2 aromatic rings. The normalized spacial score (nSPS) is 10.4. The van der Waals surface area contributed by atoms with Crippen molar-refractivity contribution in [1.82, 2.24) is 9.78 Å². The first kappa shape index (κ1) is 13.7. The SMILES string of the molecule is Nc1ccc([N+](=O)[O-])cc1Cn1cc(Cl)c([N+](=O)[O-])n1. The molecule has 0 saturated carbocycles. The van der Waals surface area contributed by atoms with E-state index in [0.717, 1.165) is 0 Å². The van der Waals surface area contributed by atoms with Gasteiger partial charge in [0, 0.05) is 23.4 Å². The summed E-state index contributed by atoms with van der Waals surface area (Å²) in [6.45, 7) is 0.0427. The first-order valence-corrected chi connectivity index (χ1v) is 5.66. The Labute approximate surface area is 116 Å². The molecule has 9 nitrogen and oxygen atoms in total. The van der Waals surface area contributed by atoms with Gasteiger partial charge in [-0.25, -0.2) is 0 Å². The van der Waals surface area contributed by atoms with Crippen LogP contribution in [0.25, 0.3) is 0 Å². The summed E-state index contributed by atoms with van der Waals surface area (Å²) in [5.41, 5.74) is 6.34. The van der Waals surface area contributed by atoms with E-state index in [2.05, 4.69) is 5.10 Å². The van der Waals surface area contributed by atoms with E-state index in [1.165, 1.54) is 29.1 Å². The number of aromatic nitrogens is 2. The van der Waals surface area contributed by atoms with Gasteiger partial charge in [0.2, 0.25) is 0 Å². The number of hydrogen-bond acceptors (Lipinski definition) is 6. The van der Waals surface area contributed by atoms with Crippen LogP contribution in [0.15, 0.2) is 24.4 Å². The number of nitro benzene ring substituents is 1. The van der Waals surface area contributed by atoms with Crippen LogP contribution in [0.1, 0.15) is 5.56 Å². The van der Waals surface area contributed by atoms with Crippen LogP contribution >= 0.6 is 11.6 Å². The standard InChI is InChI=1S/C10H8ClN5O4/c11-8-5-14(13-10(8)16(19)20)4-6-3-7(15(17)18)1-2-9(6)12/h1-3,5H,4,12H2. The Hall–Kier alpha value is -2.68. The van der Waals surface area contributed by atoms with E-state index in [1.54, 1.807) is 0 Å². The van der Waals surface area contributed by atoms with Crippen LogP contribution in [0.3, 0.4) is 0 Å². The molecule has 0 aliphatic rings. The lowest BCUT2D eigenvalue weighted by atomic mass is 10.1. The number of non-ortho nitro benzene ring substituents is 1. The van der Waals surface area contributed by atoms with Gasteiger partial charge in [0.05, 0.1) is 22.8 Å². The molecular formula is C10H8ClN5O4. The Morgan fingerprint density at radius 2 is 2.00 bits per heavy atom. The first-order chi connectivity index (χ1) is 9.38. The van der Waals surface area contributed by atoms with Gasteiger partial charge in [0.25, 0.3) is 5.69 Å². The van der Waals surface area contributed by atoms with Crippen molar-refractivity contribution in [2.24, 2.45) is 0 Å². The van der Waals surface area contributed by atoms with E-state index in [4.69, 9.17) is 17.3 Å². The summed E-state index contributed by atoms with van der Waals surface area (Å²) in [6.07, 6.45) is 1.26. The Bertz CT molecular complexity index is 699. The highest BCUT2D eigenvalue weighted by molar-refractivity contribution is 6.32. The molecular weight excluding hydrogens is 290 g/mol. The van der Waals surface area contributed by atoms with Crippen LogP contribution in [0.5, 0.6) is 0 Å². The van der Waals surface area contributed by atoms with Crippen LogP contribution in [0.2, 0.25) is 5.02 Å². The van der Waals surface area contributed by atoms with E-state index in [0.29, 0.717) is 11.3 Å². The van der Waals surface area contributed by atoms with Gasteiger partial charge in [-0.1, -0.05) is 11.6 Å². The average Bonchev–Trinajstić information content (AvgIpc) is 2.73. The summed E-state index contributed by atoms with van der Waals surface area (Å²) in [7, 11) is 0. The zero-order chi connectivity index (χ0) is 14.9. The van der Waals surface area contributed by atoms with Crippen LogP contribution in [-0.4, -0.2) is 19.6 Å². The molecule has 0 atom stereocenters. The molecule has 20 heavy (non-hydrogen) atoms. The highest BCUT2D eigenvalue weighted by atomic mass is 35.5. The van der Waals surface area contributed by atoms with Crippen molar-refractivity contribution in [1.29, 1.82) is 0 Å². The largest absolute Gasteiger partial charge is 0.408 e. The lowest BCUT2D eigenvalue weighted by molar-refractivity contribution is -0.389. The zero-order valence-electron chi connectivity index (χ0n) is 9.89. The molecule has 2 rings (SSSR count). The maximum absolute atomic E-state index is 10.7. The number of benzene rings is 1. The molecule has 0 bridgehead atoms. The van der Waals surface area contributed by atoms with E-state index >= 15 is 0 Å². The Balaban J connectivity index is 2.34. The molecule has 0 unspecified atom stereocenters. The molecule has 1 heterocycles. The van der Waals surface area contributed by atoms with Gasteiger partial charge in [-0.2, -0.15) is 4.68 Å². The van der Waals surface area contributed by atoms with Crippen molar-refractivity contribution in [2.45, 2.75) is 6.54 Å². The first-order valence-electron chi connectivity index (χ1n) is 5.28. The van der Waals surface area contributed by atoms with Crippen LogP contribution in [-0.2, 0) is 6.54 Å². The third-order valence-corrected chi connectivity index (χ3v) is 2.81. The lowest BCUT2D eigenvalue weighted by Crippen LogP contribution is -2.05. The van der Waals surface area contributed by atoms with Gasteiger partial charge in [-0.05, 0) is 11.0 Å². The third kappa shape index (κ3) is 2.67. The molecule has 104 valence electrons. The fraction of sp³-hybridized carbons (Fsp3) is 0.100. The summed E-state index contributed by atoms with van der Waals surface area (Å²) < 4.78 is 1.20. The Morgan fingerprint density at radius 1 is 1.30 bits per heavy atom. The monoisotopic (exact) mass is 297 g/mol. The maximum Gasteiger partial charge on any atom is 0.408 e. The van der Waals surface area contributed by atoms with E-state index < -0.39 is 15.7 Å². The molecule has 0 spiro atoms. The third-order valence-electron chi connectivity index (χ3n) is 2.54. The number of hydrogen-bond donors (Lipinski definition) is 1. The number of anilines is 1.